The van der Waals surface area contributed by atoms with E-state index >= 15 is 0 Å². The molecule has 0 aliphatic rings. The number of ketones is 1. The number of sulfonamides is 1. The second kappa shape index (κ2) is 15.6. The average molecular weight is 676 g/mol. The zero-order valence-corrected chi connectivity index (χ0v) is 26.6. The van der Waals surface area contributed by atoms with E-state index in [2.05, 4.69) is 32.2 Å². The van der Waals surface area contributed by atoms with Gasteiger partial charge in [-0.3, -0.25) is 24.5 Å². The third-order valence-corrected chi connectivity index (χ3v) is 8.74. The normalized spacial score (nSPS) is 11.5. The summed E-state index contributed by atoms with van der Waals surface area (Å²) in [6, 6.07) is 29.7. The molecule has 5 aromatic rings. The third kappa shape index (κ3) is 8.98. The third-order valence-electron chi connectivity index (χ3n) is 7.26. The standard InChI is InChI=1S/C36H29N5O7S/c42-34(36(44)37-21-22-38-49(47,48)29-19-17-28(18-20-29)41(45)46)33(23-26-11-5-2-6-12-26)40-35(43)31-24-27(16-15-25-9-3-1-4-10-25)39-32-14-8-7-13-30(31)32/h1-14,17-20,24,33,38H,21-23H2,(H,37,44)(H,40,43). The van der Waals surface area contributed by atoms with Gasteiger partial charge in [0.05, 0.1) is 20.9 Å². The Morgan fingerprint density at radius 3 is 2.16 bits per heavy atom. The lowest BCUT2D eigenvalue weighted by molar-refractivity contribution is -0.384. The van der Waals surface area contributed by atoms with Crippen molar-refractivity contribution in [3.05, 3.63) is 148 Å². The Morgan fingerprint density at radius 2 is 1.47 bits per heavy atom. The van der Waals surface area contributed by atoms with Crippen molar-refractivity contribution in [3.63, 3.8) is 0 Å². The molecule has 0 fully saturated rings. The minimum atomic E-state index is -4.05. The molecule has 13 heteroatoms. The summed E-state index contributed by atoms with van der Waals surface area (Å²) in [6.07, 6.45) is 0.00922. The maximum Gasteiger partial charge on any atom is 0.289 e. The van der Waals surface area contributed by atoms with Crippen molar-refractivity contribution in [2.24, 2.45) is 0 Å². The first-order chi connectivity index (χ1) is 23.6. The van der Waals surface area contributed by atoms with E-state index in [4.69, 9.17) is 0 Å². The van der Waals surface area contributed by atoms with Crippen molar-refractivity contribution in [1.29, 1.82) is 0 Å². The highest BCUT2D eigenvalue weighted by Gasteiger charge is 2.28. The molecule has 1 atom stereocenters. The summed E-state index contributed by atoms with van der Waals surface area (Å²) in [6.45, 7) is -0.523. The fraction of sp³-hybridized carbons (Fsp3) is 0.111. The molecule has 4 aromatic carbocycles. The van der Waals surface area contributed by atoms with Crippen LogP contribution in [0.5, 0.6) is 0 Å². The van der Waals surface area contributed by atoms with Crippen LogP contribution in [0.1, 0.15) is 27.2 Å². The summed E-state index contributed by atoms with van der Waals surface area (Å²) in [7, 11) is -4.05. The van der Waals surface area contributed by atoms with Gasteiger partial charge in [-0.1, -0.05) is 72.7 Å². The van der Waals surface area contributed by atoms with Gasteiger partial charge in [0, 0.05) is 42.6 Å². The van der Waals surface area contributed by atoms with Gasteiger partial charge < -0.3 is 10.6 Å². The van der Waals surface area contributed by atoms with Gasteiger partial charge in [0.2, 0.25) is 15.8 Å². The number of nitro groups is 1. The van der Waals surface area contributed by atoms with Gasteiger partial charge in [0.1, 0.15) is 11.7 Å². The number of benzene rings is 4. The number of para-hydroxylation sites is 1. The molecule has 49 heavy (non-hydrogen) atoms. The molecule has 3 N–H and O–H groups in total. The van der Waals surface area contributed by atoms with Gasteiger partial charge in [-0.25, -0.2) is 18.1 Å². The number of hydrogen-bond donors (Lipinski definition) is 3. The number of nitrogens with one attached hydrogen (secondary N) is 3. The number of amides is 2. The second-order valence-electron chi connectivity index (χ2n) is 10.7. The van der Waals surface area contributed by atoms with Crippen molar-refractivity contribution in [2.45, 2.75) is 17.4 Å². The van der Waals surface area contributed by atoms with Crippen LogP contribution in [-0.2, 0) is 26.0 Å². The molecule has 246 valence electrons. The Kier molecular flexibility index (Phi) is 10.8. The smallest absolute Gasteiger partial charge is 0.289 e. The molecule has 0 aliphatic carbocycles. The topological polar surface area (TPSA) is 177 Å². The maximum absolute atomic E-state index is 13.8. The number of nitro benzene ring substituents is 1. The number of rotatable bonds is 12. The molecular weight excluding hydrogens is 646 g/mol. The Balaban J connectivity index is 1.31. The fourth-order valence-electron chi connectivity index (χ4n) is 4.82. The van der Waals surface area contributed by atoms with Crippen LogP contribution < -0.4 is 15.4 Å². The number of carbonyl (C=O) groups excluding carboxylic acids is 3. The minimum Gasteiger partial charge on any atom is -0.348 e. The van der Waals surface area contributed by atoms with E-state index in [-0.39, 0.29) is 35.7 Å². The summed E-state index contributed by atoms with van der Waals surface area (Å²) in [5.41, 5.74) is 2.27. The monoisotopic (exact) mass is 675 g/mol. The molecule has 0 spiro atoms. The quantitative estimate of drug-likeness (QED) is 0.0591. The van der Waals surface area contributed by atoms with Crippen LogP contribution >= 0.6 is 0 Å². The predicted octanol–water partition coefficient (Wildman–Crippen LogP) is 3.55. The number of nitrogens with zero attached hydrogens (tertiary/aromatic N) is 2. The minimum absolute atomic E-state index is 0.00922. The molecule has 0 bridgehead atoms. The van der Waals surface area contributed by atoms with Crippen molar-refractivity contribution in [1.82, 2.24) is 20.3 Å². The van der Waals surface area contributed by atoms with Gasteiger partial charge in [-0.15, -0.1) is 0 Å². The van der Waals surface area contributed by atoms with Gasteiger partial charge in [-0.2, -0.15) is 0 Å². The van der Waals surface area contributed by atoms with E-state index in [0.29, 0.717) is 22.2 Å². The first kappa shape index (κ1) is 34.1. The molecule has 1 aromatic heterocycles. The molecule has 1 heterocycles. The molecule has 0 saturated carbocycles. The number of fused-ring (bicyclic) bond motifs is 1. The highest BCUT2D eigenvalue weighted by Crippen LogP contribution is 2.19. The van der Waals surface area contributed by atoms with Gasteiger partial charge in [-0.05, 0) is 47.9 Å². The van der Waals surface area contributed by atoms with Crippen LogP contribution in [0, 0.1) is 22.0 Å². The van der Waals surface area contributed by atoms with E-state index in [1.54, 1.807) is 54.6 Å². The SMILES string of the molecule is O=C(NCCNS(=O)(=O)c1ccc([N+](=O)[O-])cc1)C(=O)C(Cc1ccccc1)NC(=O)c1cc(C#Cc2ccccc2)nc2ccccc12. The largest absolute Gasteiger partial charge is 0.348 e. The van der Waals surface area contributed by atoms with Gasteiger partial charge in [0.25, 0.3) is 17.5 Å². The lowest BCUT2D eigenvalue weighted by Crippen LogP contribution is -2.49. The lowest BCUT2D eigenvalue weighted by Gasteiger charge is -2.18. The zero-order chi connectivity index (χ0) is 34.8. The van der Waals surface area contributed by atoms with Crippen LogP contribution in [0.15, 0.2) is 120 Å². The van der Waals surface area contributed by atoms with Crippen molar-refractivity contribution in [3.8, 4) is 11.8 Å². The second-order valence-corrected chi connectivity index (χ2v) is 12.4. The molecule has 0 radical (unpaired) electrons. The van der Waals surface area contributed by atoms with E-state index < -0.39 is 38.6 Å². The fourth-order valence-corrected chi connectivity index (χ4v) is 5.85. The molecule has 1 unspecified atom stereocenters. The van der Waals surface area contributed by atoms with E-state index in [1.807, 2.05) is 30.3 Å². The van der Waals surface area contributed by atoms with E-state index in [0.717, 1.165) is 29.8 Å². The number of hydrogen-bond acceptors (Lipinski definition) is 8. The van der Waals surface area contributed by atoms with Crippen LogP contribution in [0.4, 0.5) is 5.69 Å². The Hall–Kier alpha value is -6.23. The zero-order valence-electron chi connectivity index (χ0n) is 25.8. The highest BCUT2D eigenvalue weighted by molar-refractivity contribution is 7.89. The highest BCUT2D eigenvalue weighted by atomic mass is 32.2. The van der Waals surface area contributed by atoms with Crippen LogP contribution in [-0.4, -0.2) is 55.1 Å². The first-order valence-corrected chi connectivity index (χ1v) is 16.5. The first-order valence-electron chi connectivity index (χ1n) is 15.0. The molecule has 5 rings (SSSR count). The summed E-state index contributed by atoms with van der Waals surface area (Å²) < 4.78 is 27.4. The predicted molar refractivity (Wildman–Crippen MR) is 182 cm³/mol. The van der Waals surface area contributed by atoms with Crippen LogP contribution in [0.3, 0.4) is 0 Å². The number of carbonyl (C=O) groups is 3. The molecule has 12 nitrogen and oxygen atoms in total. The number of non-ortho nitro benzene ring substituents is 1. The Morgan fingerprint density at radius 1 is 0.816 bits per heavy atom. The number of Topliss-reactive ketones (excluding diaryl/α,β-unsaturated/α-hetero) is 1. The number of aromatic nitrogens is 1. The summed E-state index contributed by atoms with van der Waals surface area (Å²) >= 11 is 0. The number of pyridine rings is 1. The Bertz CT molecular complexity index is 2180. The van der Waals surface area contributed by atoms with E-state index in [1.165, 1.54) is 6.07 Å². The molecule has 0 aliphatic heterocycles. The molecule has 0 saturated heterocycles. The van der Waals surface area contributed by atoms with Crippen LogP contribution in [0.2, 0.25) is 0 Å². The van der Waals surface area contributed by atoms with Crippen molar-refractivity contribution < 1.29 is 27.7 Å². The van der Waals surface area contributed by atoms with Crippen LogP contribution in [0.25, 0.3) is 10.9 Å². The maximum atomic E-state index is 13.8. The lowest BCUT2D eigenvalue weighted by atomic mass is 10.0. The summed E-state index contributed by atoms with van der Waals surface area (Å²) in [5.74, 6) is 3.45. The molecular formula is C36H29N5O7S. The van der Waals surface area contributed by atoms with Gasteiger partial charge in [0.15, 0.2) is 0 Å². The molecule has 2 amide bonds. The summed E-state index contributed by atoms with van der Waals surface area (Å²) in [4.78, 5) is 54.8. The Labute approximate surface area is 281 Å². The van der Waals surface area contributed by atoms with E-state index in [9.17, 15) is 32.9 Å². The summed E-state index contributed by atoms with van der Waals surface area (Å²) in [5, 5.41) is 16.5. The van der Waals surface area contributed by atoms with Crippen molar-refractivity contribution in [2.75, 3.05) is 13.1 Å². The average Bonchev–Trinajstić information content (AvgIpc) is 3.12. The van der Waals surface area contributed by atoms with Crippen molar-refractivity contribution >= 4 is 44.2 Å². The van der Waals surface area contributed by atoms with Gasteiger partial charge >= 0.3 is 0 Å².